The molecule has 3 amide bonds. The Labute approximate surface area is 140 Å². The number of anilines is 1. The molecule has 128 valence electrons. The van der Waals surface area contributed by atoms with Crippen LogP contribution in [0, 0.1) is 5.92 Å². The van der Waals surface area contributed by atoms with Crippen molar-refractivity contribution in [1.29, 1.82) is 0 Å². The number of carbonyl (C=O) groups is 3. The van der Waals surface area contributed by atoms with Gasteiger partial charge in [0.25, 0.3) is 0 Å². The summed E-state index contributed by atoms with van der Waals surface area (Å²) in [4.78, 5) is 39.8. The van der Waals surface area contributed by atoms with E-state index in [4.69, 9.17) is 4.74 Å². The zero-order valence-corrected chi connectivity index (χ0v) is 13.7. The van der Waals surface area contributed by atoms with Crippen LogP contribution in [0.2, 0.25) is 0 Å². The first-order valence-electron chi connectivity index (χ1n) is 8.09. The fraction of sp³-hybridized carbons (Fsp3) is 0.471. The second-order valence-corrected chi connectivity index (χ2v) is 6.00. The Morgan fingerprint density at radius 1 is 1.25 bits per heavy atom. The number of ether oxygens (including phenoxy) is 1. The Hall–Kier alpha value is -2.57. The number of carbonyl (C=O) groups excluding carboxylic acids is 3. The first-order valence-corrected chi connectivity index (χ1v) is 8.09. The first kappa shape index (κ1) is 16.3. The molecule has 0 spiro atoms. The van der Waals surface area contributed by atoms with Crippen LogP contribution in [-0.2, 0) is 14.4 Å². The number of benzene rings is 1. The maximum atomic E-state index is 12.7. The third-order valence-electron chi connectivity index (χ3n) is 4.47. The minimum atomic E-state index is -0.379. The van der Waals surface area contributed by atoms with Gasteiger partial charge in [0.15, 0.2) is 0 Å². The minimum absolute atomic E-state index is 0.0385. The molecule has 0 bridgehead atoms. The molecule has 1 unspecified atom stereocenters. The molecule has 24 heavy (non-hydrogen) atoms. The summed E-state index contributed by atoms with van der Waals surface area (Å²) in [5.74, 6) is 0.0571. The monoisotopic (exact) mass is 331 g/mol. The van der Waals surface area contributed by atoms with Crippen LogP contribution in [-0.4, -0.2) is 55.9 Å². The normalized spacial score (nSPS) is 21.5. The van der Waals surface area contributed by atoms with E-state index in [9.17, 15) is 14.4 Å². The summed E-state index contributed by atoms with van der Waals surface area (Å²) in [6.07, 6.45) is 0.497. The molecule has 2 aliphatic rings. The Morgan fingerprint density at radius 3 is 2.83 bits per heavy atom. The fourth-order valence-electron chi connectivity index (χ4n) is 3.20. The molecular formula is C17H21N3O4. The molecular weight excluding hydrogens is 310 g/mol. The largest absolute Gasteiger partial charge is 0.495 e. The molecule has 2 saturated heterocycles. The summed E-state index contributed by atoms with van der Waals surface area (Å²) in [5, 5.41) is 2.75. The maximum Gasteiger partial charge on any atom is 0.228 e. The quantitative estimate of drug-likeness (QED) is 0.869. The van der Waals surface area contributed by atoms with Gasteiger partial charge in [0, 0.05) is 39.0 Å². The zero-order valence-electron chi connectivity index (χ0n) is 13.7. The van der Waals surface area contributed by atoms with E-state index in [2.05, 4.69) is 5.32 Å². The molecule has 0 aromatic heterocycles. The summed E-state index contributed by atoms with van der Waals surface area (Å²) in [7, 11) is 1.56. The summed E-state index contributed by atoms with van der Waals surface area (Å²) in [5.41, 5.74) is 0.688. The van der Waals surface area contributed by atoms with Crippen LogP contribution in [0.25, 0.3) is 0 Å². The number of rotatable bonds is 3. The molecule has 3 rings (SSSR count). The van der Waals surface area contributed by atoms with E-state index >= 15 is 0 Å². The van der Waals surface area contributed by atoms with Crippen molar-refractivity contribution in [3.63, 3.8) is 0 Å². The second-order valence-electron chi connectivity index (χ2n) is 6.00. The predicted molar refractivity (Wildman–Crippen MR) is 87.7 cm³/mol. The minimum Gasteiger partial charge on any atom is -0.495 e. The molecule has 0 radical (unpaired) electrons. The summed E-state index contributed by atoms with van der Waals surface area (Å²) >= 11 is 0. The lowest BCUT2D eigenvalue weighted by molar-refractivity contribution is -0.135. The lowest BCUT2D eigenvalue weighted by Gasteiger charge is -2.23. The molecule has 0 aliphatic carbocycles. The van der Waals surface area contributed by atoms with Crippen molar-refractivity contribution < 1.29 is 19.1 Å². The summed E-state index contributed by atoms with van der Waals surface area (Å²) in [6.45, 7) is 1.70. The molecule has 1 aromatic carbocycles. The van der Waals surface area contributed by atoms with E-state index in [-0.39, 0.29) is 30.1 Å². The molecule has 1 atom stereocenters. The molecule has 1 aromatic rings. The van der Waals surface area contributed by atoms with Crippen molar-refractivity contribution in [2.45, 2.75) is 12.8 Å². The van der Waals surface area contributed by atoms with Gasteiger partial charge in [-0.2, -0.15) is 0 Å². The summed E-state index contributed by atoms with van der Waals surface area (Å²) in [6, 6.07) is 7.29. The number of amides is 3. The van der Waals surface area contributed by atoms with Gasteiger partial charge >= 0.3 is 0 Å². The van der Waals surface area contributed by atoms with Gasteiger partial charge in [0.1, 0.15) is 5.75 Å². The highest BCUT2D eigenvalue weighted by molar-refractivity contribution is 6.01. The van der Waals surface area contributed by atoms with Crippen LogP contribution in [0.15, 0.2) is 24.3 Å². The number of nitrogens with one attached hydrogen (secondary N) is 1. The highest BCUT2D eigenvalue weighted by atomic mass is 16.5. The Morgan fingerprint density at radius 2 is 2.04 bits per heavy atom. The molecule has 7 nitrogen and oxygen atoms in total. The number of hydrogen-bond acceptors (Lipinski definition) is 4. The van der Waals surface area contributed by atoms with E-state index in [0.29, 0.717) is 44.0 Å². The molecule has 1 N–H and O–H groups in total. The Kier molecular flexibility index (Phi) is 4.69. The average Bonchev–Trinajstić information content (AvgIpc) is 2.84. The first-order chi connectivity index (χ1) is 11.6. The lowest BCUT2D eigenvalue weighted by atomic mass is 10.1. The van der Waals surface area contributed by atoms with Crippen molar-refractivity contribution in [2.75, 3.05) is 38.2 Å². The van der Waals surface area contributed by atoms with Crippen LogP contribution >= 0.6 is 0 Å². The van der Waals surface area contributed by atoms with E-state index in [1.807, 2.05) is 18.2 Å². The highest BCUT2D eigenvalue weighted by Gasteiger charge is 2.38. The SMILES string of the molecule is COc1ccccc1N1CC(C(=O)N2CCNC(=O)CC2)CC1=O. The van der Waals surface area contributed by atoms with Gasteiger partial charge in [-0.05, 0) is 12.1 Å². The van der Waals surface area contributed by atoms with Crippen molar-refractivity contribution in [1.82, 2.24) is 10.2 Å². The third-order valence-corrected chi connectivity index (χ3v) is 4.47. The van der Waals surface area contributed by atoms with E-state index in [1.54, 1.807) is 23.0 Å². The van der Waals surface area contributed by atoms with Gasteiger partial charge < -0.3 is 19.9 Å². The predicted octanol–water partition coefficient (Wildman–Crippen LogP) is 0.397. The number of nitrogens with zero attached hydrogens (tertiary/aromatic N) is 2. The van der Waals surface area contributed by atoms with Crippen LogP contribution in [0.5, 0.6) is 5.75 Å². The van der Waals surface area contributed by atoms with Crippen molar-refractivity contribution in [3.05, 3.63) is 24.3 Å². The molecule has 2 heterocycles. The Balaban J connectivity index is 1.72. The maximum absolute atomic E-state index is 12.7. The van der Waals surface area contributed by atoms with Gasteiger partial charge in [-0.15, -0.1) is 0 Å². The summed E-state index contributed by atoms with van der Waals surface area (Å²) < 4.78 is 5.31. The van der Waals surface area contributed by atoms with Gasteiger partial charge in [0.2, 0.25) is 17.7 Å². The van der Waals surface area contributed by atoms with Crippen LogP contribution in [0.1, 0.15) is 12.8 Å². The number of hydrogen-bond donors (Lipinski definition) is 1. The van der Waals surface area contributed by atoms with Crippen molar-refractivity contribution in [2.24, 2.45) is 5.92 Å². The van der Waals surface area contributed by atoms with Crippen LogP contribution in [0.3, 0.4) is 0 Å². The Bertz CT molecular complexity index is 661. The smallest absolute Gasteiger partial charge is 0.228 e. The topological polar surface area (TPSA) is 79.0 Å². The lowest BCUT2D eigenvalue weighted by Crippen LogP contribution is -2.39. The standard InChI is InChI=1S/C17H21N3O4/c1-24-14-5-3-2-4-13(14)20-11-12(10-16(20)22)17(23)19-8-6-15(21)18-7-9-19/h2-5,12H,6-11H2,1H3,(H,18,21). The van der Waals surface area contributed by atoms with E-state index in [0.717, 1.165) is 0 Å². The molecule has 7 heteroatoms. The molecule has 2 aliphatic heterocycles. The van der Waals surface area contributed by atoms with Gasteiger partial charge in [0.05, 0.1) is 18.7 Å². The second kappa shape index (κ2) is 6.90. The highest BCUT2D eigenvalue weighted by Crippen LogP contribution is 2.33. The average molecular weight is 331 g/mol. The van der Waals surface area contributed by atoms with Crippen molar-refractivity contribution >= 4 is 23.4 Å². The number of methoxy groups -OCH3 is 1. The third kappa shape index (κ3) is 3.20. The van der Waals surface area contributed by atoms with Crippen LogP contribution < -0.4 is 15.0 Å². The van der Waals surface area contributed by atoms with E-state index < -0.39 is 0 Å². The molecule has 0 saturated carbocycles. The van der Waals surface area contributed by atoms with E-state index in [1.165, 1.54) is 0 Å². The fourth-order valence-corrected chi connectivity index (χ4v) is 3.20. The number of para-hydroxylation sites is 2. The van der Waals surface area contributed by atoms with Gasteiger partial charge in [-0.3, -0.25) is 14.4 Å². The van der Waals surface area contributed by atoms with Gasteiger partial charge in [-0.25, -0.2) is 0 Å². The van der Waals surface area contributed by atoms with Gasteiger partial charge in [-0.1, -0.05) is 12.1 Å². The molecule has 2 fully saturated rings. The van der Waals surface area contributed by atoms with Crippen molar-refractivity contribution in [3.8, 4) is 5.75 Å². The van der Waals surface area contributed by atoms with Crippen LogP contribution in [0.4, 0.5) is 5.69 Å². The zero-order chi connectivity index (χ0) is 17.1.